The van der Waals surface area contributed by atoms with E-state index in [-0.39, 0.29) is 24.3 Å². The highest BCUT2D eigenvalue weighted by Gasteiger charge is 2.31. The fourth-order valence-electron chi connectivity index (χ4n) is 2.78. The Bertz CT molecular complexity index is 755. The van der Waals surface area contributed by atoms with Crippen molar-refractivity contribution in [1.29, 1.82) is 0 Å². The van der Waals surface area contributed by atoms with Gasteiger partial charge in [0.1, 0.15) is 11.5 Å². The highest BCUT2D eigenvalue weighted by Crippen LogP contribution is 2.26. The summed E-state index contributed by atoms with van der Waals surface area (Å²) < 4.78 is 2.02. The maximum Gasteiger partial charge on any atom is 0.274 e. The van der Waals surface area contributed by atoms with Crippen molar-refractivity contribution >= 4 is 11.8 Å². The number of aromatic nitrogens is 4. The molecule has 1 aliphatic heterocycles. The number of carbonyl (C=O) groups excluding carboxylic acids is 2. The van der Waals surface area contributed by atoms with Crippen LogP contribution < -0.4 is 0 Å². The Hall–Kier alpha value is -2.77. The topological polar surface area (TPSA) is 84.2 Å². The van der Waals surface area contributed by atoms with Gasteiger partial charge >= 0.3 is 0 Å². The lowest BCUT2D eigenvalue weighted by molar-refractivity contribution is -0.128. The third-order valence-corrected chi connectivity index (χ3v) is 4.15. The van der Waals surface area contributed by atoms with Crippen molar-refractivity contribution in [3.05, 3.63) is 42.0 Å². The zero-order valence-electron chi connectivity index (χ0n) is 14.0. The fourth-order valence-corrected chi connectivity index (χ4v) is 2.78. The van der Waals surface area contributed by atoms with E-state index in [1.165, 1.54) is 18.6 Å². The molecular formula is C16H20N6O2. The third-order valence-electron chi connectivity index (χ3n) is 4.15. The van der Waals surface area contributed by atoms with E-state index in [0.29, 0.717) is 18.8 Å². The molecular weight excluding hydrogens is 308 g/mol. The van der Waals surface area contributed by atoms with Crippen LogP contribution in [-0.2, 0) is 17.8 Å². The van der Waals surface area contributed by atoms with Gasteiger partial charge in [-0.25, -0.2) is 9.97 Å². The van der Waals surface area contributed by atoms with Crippen LogP contribution in [0.15, 0.2) is 24.8 Å². The first kappa shape index (κ1) is 16.1. The SMILES string of the molecule is CC1c2nc(CC(=O)N(C)C)cn2CCN1C(=O)c1cnccn1. The molecule has 0 saturated heterocycles. The summed E-state index contributed by atoms with van der Waals surface area (Å²) in [6.07, 6.45) is 6.68. The first-order chi connectivity index (χ1) is 11.5. The van der Waals surface area contributed by atoms with E-state index in [1.54, 1.807) is 23.9 Å². The molecule has 8 nitrogen and oxygen atoms in total. The Morgan fingerprint density at radius 2 is 2.08 bits per heavy atom. The minimum atomic E-state index is -0.184. The second kappa shape index (κ2) is 6.38. The highest BCUT2D eigenvalue weighted by molar-refractivity contribution is 5.92. The molecule has 0 bridgehead atoms. The molecule has 1 unspecified atom stereocenters. The predicted octanol–water partition coefficient (Wildman–Crippen LogP) is 0.521. The van der Waals surface area contributed by atoms with Crippen LogP contribution in [0.1, 0.15) is 35.0 Å². The highest BCUT2D eigenvalue weighted by atomic mass is 16.2. The largest absolute Gasteiger partial charge is 0.348 e. The molecule has 0 fully saturated rings. The molecule has 3 rings (SSSR count). The van der Waals surface area contributed by atoms with Gasteiger partial charge in [-0.15, -0.1) is 0 Å². The molecule has 0 aliphatic carbocycles. The normalized spacial score (nSPS) is 16.6. The zero-order valence-corrected chi connectivity index (χ0v) is 14.0. The molecule has 126 valence electrons. The molecule has 0 spiro atoms. The molecule has 1 atom stereocenters. The zero-order chi connectivity index (χ0) is 17.3. The fraction of sp³-hybridized carbons (Fsp3) is 0.438. The molecule has 0 aromatic carbocycles. The summed E-state index contributed by atoms with van der Waals surface area (Å²) >= 11 is 0. The maximum atomic E-state index is 12.6. The lowest BCUT2D eigenvalue weighted by atomic mass is 10.2. The number of fused-ring (bicyclic) bond motifs is 1. The third kappa shape index (κ3) is 2.99. The van der Waals surface area contributed by atoms with Crippen molar-refractivity contribution in [2.75, 3.05) is 20.6 Å². The van der Waals surface area contributed by atoms with E-state index in [9.17, 15) is 9.59 Å². The minimum Gasteiger partial charge on any atom is -0.348 e. The average molecular weight is 328 g/mol. The minimum absolute atomic E-state index is 0.00518. The first-order valence-electron chi connectivity index (χ1n) is 7.80. The van der Waals surface area contributed by atoms with Gasteiger partial charge in [-0.2, -0.15) is 0 Å². The van der Waals surface area contributed by atoms with Crippen molar-refractivity contribution in [1.82, 2.24) is 29.3 Å². The summed E-state index contributed by atoms with van der Waals surface area (Å²) in [5.41, 5.74) is 1.05. The smallest absolute Gasteiger partial charge is 0.274 e. The van der Waals surface area contributed by atoms with Crippen LogP contribution in [0, 0.1) is 0 Å². The second-order valence-electron chi connectivity index (χ2n) is 6.01. The summed E-state index contributed by atoms with van der Waals surface area (Å²) in [7, 11) is 3.45. The summed E-state index contributed by atoms with van der Waals surface area (Å²) in [5, 5.41) is 0. The van der Waals surface area contributed by atoms with Crippen LogP contribution in [-0.4, -0.2) is 61.8 Å². The van der Waals surface area contributed by atoms with Crippen LogP contribution in [0.2, 0.25) is 0 Å². The Morgan fingerprint density at radius 1 is 1.29 bits per heavy atom. The molecule has 24 heavy (non-hydrogen) atoms. The number of amides is 2. The van der Waals surface area contributed by atoms with E-state index < -0.39 is 0 Å². The lowest BCUT2D eigenvalue weighted by Gasteiger charge is -2.33. The van der Waals surface area contributed by atoms with Crippen molar-refractivity contribution in [2.45, 2.75) is 25.9 Å². The van der Waals surface area contributed by atoms with E-state index in [2.05, 4.69) is 15.0 Å². The average Bonchev–Trinajstić information content (AvgIpc) is 2.99. The maximum absolute atomic E-state index is 12.6. The summed E-state index contributed by atoms with van der Waals surface area (Å²) in [6.45, 7) is 3.15. The van der Waals surface area contributed by atoms with Crippen molar-refractivity contribution in [3.8, 4) is 0 Å². The Labute approximate surface area is 140 Å². The van der Waals surface area contributed by atoms with E-state index in [4.69, 9.17) is 0 Å². The second-order valence-corrected chi connectivity index (χ2v) is 6.01. The molecule has 0 saturated carbocycles. The van der Waals surface area contributed by atoms with Crippen LogP contribution in [0.25, 0.3) is 0 Å². The molecule has 8 heteroatoms. The number of likely N-dealkylation sites (N-methyl/N-ethyl adjacent to an activating group) is 1. The quantitative estimate of drug-likeness (QED) is 0.820. The Morgan fingerprint density at radius 3 is 2.75 bits per heavy atom. The van der Waals surface area contributed by atoms with Crippen molar-refractivity contribution < 1.29 is 9.59 Å². The molecule has 2 aromatic heterocycles. The molecule has 0 N–H and O–H groups in total. The van der Waals surface area contributed by atoms with Gasteiger partial charge in [-0.05, 0) is 6.92 Å². The van der Waals surface area contributed by atoms with Crippen molar-refractivity contribution in [2.24, 2.45) is 0 Å². The number of hydrogen-bond donors (Lipinski definition) is 0. The Kier molecular flexibility index (Phi) is 4.28. The molecule has 0 radical (unpaired) electrons. The number of hydrogen-bond acceptors (Lipinski definition) is 5. The number of carbonyl (C=O) groups is 2. The van der Waals surface area contributed by atoms with Gasteiger partial charge in [0, 0.05) is 45.8 Å². The molecule has 3 heterocycles. The van der Waals surface area contributed by atoms with E-state index >= 15 is 0 Å². The molecule has 2 aromatic rings. The van der Waals surface area contributed by atoms with Crippen LogP contribution in [0.3, 0.4) is 0 Å². The van der Waals surface area contributed by atoms with Gasteiger partial charge in [-0.3, -0.25) is 14.6 Å². The summed E-state index contributed by atoms with van der Waals surface area (Å²) in [5.74, 6) is 0.640. The number of imidazole rings is 1. The van der Waals surface area contributed by atoms with E-state index in [1.807, 2.05) is 17.7 Å². The molecule has 1 aliphatic rings. The van der Waals surface area contributed by atoms with Crippen LogP contribution in [0.4, 0.5) is 0 Å². The summed E-state index contributed by atoms with van der Waals surface area (Å²) in [4.78, 5) is 40.4. The van der Waals surface area contributed by atoms with Crippen LogP contribution in [0.5, 0.6) is 0 Å². The van der Waals surface area contributed by atoms with Gasteiger partial charge < -0.3 is 14.4 Å². The monoisotopic (exact) mass is 328 g/mol. The lowest BCUT2D eigenvalue weighted by Crippen LogP contribution is -2.41. The van der Waals surface area contributed by atoms with Crippen LogP contribution >= 0.6 is 0 Å². The molecule has 2 amide bonds. The van der Waals surface area contributed by atoms with Crippen molar-refractivity contribution in [3.63, 3.8) is 0 Å². The predicted molar refractivity (Wildman–Crippen MR) is 86.1 cm³/mol. The first-order valence-corrected chi connectivity index (χ1v) is 7.80. The standard InChI is InChI=1S/C16H20N6O2/c1-11-15-19-12(8-14(23)20(2)3)10-21(15)6-7-22(11)16(24)13-9-17-4-5-18-13/h4-5,9-11H,6-8H2,1-3H3. The van der Waals surface area contributed by atoms with E-state index in [0.717, 1.165) is 11.5 Å². The Balaban J connectivity index is 1.80. The van der Waals surface area contributed by atoms with Gasteiger partial charge in [0.25, 0.3) is 5.91 Å². The van der Waals surface area contributed by atoms with Gasteiger partial charge in [0.05, 0.1) is 24.4 Å². The van der Waals surface area contributed by atoms with Gasteiger partial charge in [0.15, 0.2) is 0 Å². The number of nitrogens with zero attached hydrogens (tertiary/aromatic N) is 6. The van der Waals surface area contributed by atoms with Gasteiger partial charge in [0.2, 0.25) is 5.91 Å². The summed E-state index contributed by atoms with van der Waals surface area (Å²) in [6, 6.07) is -0.184. The van der Waals surface area contributed by atoms with Gasteiger partial charge in [-0.1, -0.05) is 0 Å². The number of rotatable bonds is 3.